The lowest BCUT2D eigenvalue weighted by molar-refractivity contribution is 0.0170. The summed E-state index contributed by atoms with van der Waals surface area (Å²) in [4.78, 5) is 7.39. The lowest BCUT2D eigenvalue weighted by atomic mass is 9.83. The molecule has 1 aliphatic carbocycles. The monoisotopic (exact) mass is 434 g/mol. The molecule has 0 aromatic heterocycles. The zero-order chi connectivity index (χ0) is 21.9. The Hall–Kier alpha value is -1.70. The third-order valence-corrected chi connectivity index (χ3v) is 6.62. The highest BCUT2D eigenvalue weighted by Crippen LogP contribution is 2.41. The van der Waals surface area contributed by atoms with Crippen LogP contribution < -0.4 is 10.6 Å². The van der Waals surface area contributed by atoms with Crippen LogP contribution in [0.15, 0.2) is 29.3 Å². The number of methoxy groups -OCH3 is 1. The van der Waals surface area contributed by atoms with Gasteiger partial charge in [0.1, 0.15) is 5.82 Å². The third-order valence-electron chi connectivity index (χ3n) is 6.62. The smallest absolute Gasteiger partial charge is 0.191 e. The molecule has 7 heteroatoms. The lowest BCUT2D eigenvalue weighted by Gasteiger charge is -2.35. The van der Waals surface area contributed by atoms with Crippen LogP contribution in [0.25, 0.3) is 0 Å². The number of benzene rings is 1. The number of guanidine groups is 1. The zero-order valence-corrected chi connectivity index (χ0v) is 19.2. The molecule has 1 atom stereocenters. The van der Waals surface area contributed by atoms with Crippen LogP contribution in [0.3, 0.4) is 0 Å². The molecule has 2 aliphatic rings. The summed E-state index contributed by atoms with van der Waals surface area (Å²) in [6.45, 7) is 8.44. The number of rotatable bonds is 10. The van der Waals surface area contributed by atoms with E-state index in [-0.39, 0.29) is 17.3 Å². The van der Waals surface area contributed by atoms with E-state index in [4.69, 9.17) is 14.5 Å². The number of ether oxygens (including phenoxy) is 2. The van der Waals surface area contributed by atoms with Crippen LogP contribution in [0.4, 0.5) is 4.39 Å². The first-order valence-corrected chi connectivity index (χ1v) is 11.7. The Morgan fingerprint density at radius 1 is 1.19 bits per heavy atom. The number of hydrogen-bond acceptors (Lipinski definition) is 4. The molecule has 1 saturated heterocycles. The maximum absolute atomic E-state index is 13.5. The van der Waals surface area contributed by atoms with Gasteiger partial charge in [-0.05, 0) is 49.3 Å². The Morgan fingerprint density at radius 3 is 2.55 bits per heavy atom. The van der Waals surface area contributed by atoms with Crippen molar-refractivity contribution in [3.63, 3.8) is 0 Å². The van der Waals surface area contributed by atoms with E-state index in [0.29, 0.717) is 6.54 Å². The second-order valence-electron chi connectivity index (χ2n) is 8.74. The SMILES string of the molecule is CCNC(=NCC1(CCOC)CCCC1)NCC(c1ccc(F)cc1)N1CCOCC1. The first-order chi connectivity index (χ1) is 15.2. The van der Waals surface area contributed by atoms with Crippen molar-refractivity contribution in [2.45, 2.75) is 45.1 Å². The second-order valence-corrected chi connectivity index (χ2v) is 8.74. The fraction of sp³-hybridized carbons (Fsp3) is 0.708. The molecule has 1 aromatic rings. The van der Waals surface area contributed by atoms with Crippen LogP contribution >= 0.6 is 0 Å². The third kappa shape index (κ3) is 7.16. The predicted octanol–water partition coefficient (Wildman–Crippen LogP) is 3.35. The number of nitrogens with one attached hydrogen (secondary N) is 2. The summed E-state index contributed by atoms with van der Waals surface area (Å²) in [5.41, 5.74) is 1.37. The van der Waals surface area contributed by atoms with Gasteiger partial charge in [-0.25, -0.2) is 4.39 Å². The van der Waals surface area contributed by atoms with Crippen LogP contribution in [-0.4, -0.2) is 70.5 Å². The van der Waals surface area contributed by atoms with Crippen molar-refractivity contribution in [2.75, 3.05) is 59.7 Å². The molecule has 2 N–H and O–H groups in total. The molecule has 31 heavy (non-hydrogen) atoms. The van der Waals surface area contributed by atoms with Crippen molar-refractivity contribution in [3.05, 3.63) is 35.6 Å². The van der Waals surface area contributed by atoms with Gasteiger partial charge in [-0.15, -0.1) is 0 Å². The van der Waals surface area contributed by atoms with Gasteiger partial charge in [-0.1, -0.05) is 25.0 Å². The molecular formula is C24H39FN4O2. The fourth-order valence-corrected chi connectivity index (χ4v) is 4.74. The molecule has 1 heterocycles. The second kappa shape index (κ2) is 12.4. The maximum atomic E-state index is 13.5. The lowest BCUT2D eigenvalue weighted by Crippen LogP contribution is -2.46. The number of morpholine rings is 1. The summed E-state index contributed by atoms with van der Waals surface area (Å²) in [7, 11) is 1.78. The number of halogens is 1. The molecule has 3 rings (SSSR count). The molecule has 0 bridgehead atoms. The first-order valence-electron chi connectivity index (χ1n) is 11.7. The van der Waals surface area contributed by atoms with E-state index < -0.39 is 0 Å². The standard InChI is InChI=1S/C24H39FN4O2/c1-3-26-23(28-19-24(12-15-30-2)10-4-5-11-24)27-18-22(29-13-16-31-17-14-29)20-6-8-21(25)9-7-20/h6-9,22H,3-5,10-19H2,1-2H3,(H2,26,27,28). The summed E-state index contributed by atoms with van der Waals surface area (Å²) < 4.78 is 24.4. The van der Waals surface area contributed by atoms with Crippen LogP contribution in [-0.2, 0) is 9.47 Å². The van der Waals surface area contributed by atoms with Gasteiger partial charge in [-0.2, -0.15) is 0 Å². The summed E-state index contributed by atoms with van der Waals surface area (Å²) in [5, 5.41) is 6.96. The quantitative estimate of drug-likeness (QED) is 0.437. The van der Waals surface area contributed by atoms with Crippen molar-refractivity contribution < 1.29 is 13.9 Å². The van der Waals surface area contributed by atoms with E-state index in [0.717, 1.165) is 63.9 Å². The Bertz CT molecular complexity index is 671. The Kier molecular flexibility index (Phi) is 9.55. The van der Waals surface area contributed by atoms with E-state index in [9.17, 15) is 4.39 Å². The molecule has 1 unspecified atom stereocenters. The summed E-state index contributed by atoms with van der Waals surface area (Å²) in [6, 6.07) is 7.00. The highest BCUT2D eigenvalue weighted by atomic mass is 19.1. The topological polar surface area (TPSA) is 58.1 Å². The van der Waals surface area contributed by atoms with Gasteiger partial charge in [0.15, 0.2) is 5.96 Å². The molecule has 0 radical (unpaired) electrons. The van der Waals surface area contributed by atoms with E-state index in [1.807, 2.05) is 12.1 Å². The van der Waals surface area contributed by atoms with E-state index in [1.54, 1.807) is 19.2 Å². The van der Waals surface area contributed by atoms with Crippen LogP contribution in [0.5, 0.6) is 0 Å². The van der Waals surface area contributed by atoms with Crippen molar-refractivity contribution in [3.8, 4) is 0 Å². The number of aliphatic imine (C=N–C) groups is 1. The Morgan fingerprint density at radius 2 is 1.90 bits per heavy atom. The first kappa shape index (κ1) is 24.0. The molecule has 174 valence electrons. The minimum Gasteiger partial charge on any atom is -0.385 e. The van der Waals surface area contributed by atoms with Gasteiger partial charge < -0.3 is 20.1 Å². The minimum atomic E-state index is -0.203. The molecule has 2 fully saturated rings. The van der Waals surface area contributed by atoms with Gasteiger partial charge in [0.05, 0.1) is 19.3 Å². The van der Waals surface area contributed by atoms with Gasteiger partial charge in [0.25, 0.3) is 0 Å². The number of hydrogen-bond donors (Lipinski definition) is 2. The van der Waals surface area contributed by atoms with E-state index in [1.165, 1.54) is 25.7 Å². The fourth-order valence-electron chi connectivity index (χ4n) is 4.74. The predicted molar refractivity (Wildman–Crippen MR) is 123 cm³/mol. The van der Waals surface area contributed by atoms with Crippen molar-refractivity contribution in [1.29, 1.82) is 0 Å². The molecule has 1 saturated carbocycles. The van der Waals surface area contributed by atoms with Crippen molar-refractivity contribution in [2.24, 2.45) is 10.4 Å². The van der Waals surface area contributed by atoms with E-state index >= 15 is 0 Å². The largest absolute Gasteiger partial charge is 0.385 e. The molecule has 6 nitrogen and oxygen atoms in total. The average Bonchev–Trinajstić information content (AvgIpc) is 3.27. The van der Waals surface area contributed by atoms with Crippen LogP contribution in [0.1, 0.15) is 50.6 Å². The molecule has 1 aromatic carbocycles. The highest BCUT2D eigenvalue weighted by molar-refractivity contribution is 5.79. The van der Waals surface area contributed by atoms with Crippen LogP contribution in [0.2, 0.25) is 0 Å². The van der Waals surface area contributed by atoms with Crippen LogP contribution in [0, 0.1) is 11.2 Å². The van der Waals surface area contributed by atoms with Gasteiger partial charge in [0, 0.05) is 46.4 Å². The van der Waals surface area contributed by atoms with E-state index in [2.05, 4.69) is 22.5 Å². The minimum absolute atomic E-state index is 0.141. The molecule has 1 aliphatic heterocycles. The summed E-state index contributed by atoms with van der Waals surface area (Å²) in [5.74, 6) is 0.650. The normalized spacial score (nSPS) is 20.5. The Labute approximate surface area is 186 Å². The summed E-state index contributed by atoms with van der Waals surface area (Å²) in [6.07, 6.45) is 6.09. The van der Waals surface area contributed by atoms with Gasteiger partial charge in [0.2, 0.25) is 0 Å². The maximum Gasteiger partial charge on any atom is 0.191 e. The summed E-state index contributed by atoms with van der Waals surface area (Å²) >= 11 is 0. The average molecular weight is 435 g/mol. The number of nitrogens with zero attached hydrogens (tertiary/aromatic N) is 2. The van der Waals surface area contributed by atoms with Crippen molar-refractivity contribution >= 4 is 5.96 Å². The van der Waals surface area contributed by atoms with Gasteiger partial charge >= 0.3 is 0 Å². The molecular weight excluding hydrogens is 395 g/mol. The highest BCUT2D eigenvalue weighted by Gasteiger charge is 2.33. The molecule has 0 amide bonds. The van der Waals surface area contributed by atoms with Gasteiger partial charge in [-0.3, -0.25) is 9.89 Å². The Balaban J connectivity index is 1.68. The van der Waals surface area contributed by atoms with Crippen molar-refractivity contribution in [1.82, 2.24) is 15.5 Å². The zero-order valence-electron chi connectivity index (χ0n) is 19.2. The molecule has 0 spiro atoms.